The van der Waals surface area contributed by atoms with E-state index in [4.69, 9.17) is 9.47 Å². The molecule has 0 saturated carbocycles. The Morgan fingerprint density at radius 3 is 2.32 bits per heavy atom. The van der Waals surface area contributed by atoms with Crippen molar-refractivity contribution in [3.8, 4) is 11.5 Å². The van der Waals surface area contributed by atoms with Crippen LogP contribution in [0, 0.1) is 0 Å². The van der Waals surface area contributed by atoms with Crippen LogP contribution in [0.2, 0.25) is 0 Å². The van der Waals surface area contributed by atoms with Crippen LogP contribution < -0.4 is 14.9 Å². The maximum Gasteiger partial charge on any atom is 0.241 e. The Hall–Kier alpha value is -2.90. The summed E-state index contributed by atoms with van der Waals surface area (Å²) in [5, 5.41) is 4.24. The summed E-state index contributed by atoms with van der Waals surface area (Å²) in [6.45, 7) is 7.59. The van der Waals surface area contributed by atoms with Gasteiger partial charge in [-0.25, -0.2) is 5.43 Å². The van der Waals surface area contributed by atoms with Gasteiger partial charge in [-0.05, 0) is 30.7 Å². The lowest BCUT2D eigenvalue weighted by Crippen LogP contribution is -2.46. The van der Waals surface area contributed by atoms with Crippen LogP contribution >= 0.6 is 0 Å². The Labute approximate surface area is 184 Å². The third kappa shape index (κ3) is 6.80. The predicted molar refractivity (Wildman–Crippen MR) is 123 cm³/mol. The molecule has 0 bridgehead atoms. The summed E-state index contributed by atoms with van der Waals surface area (Å²) in [6, 6.07) is 16.1. The second-order valence-electron chi connectivity index (χ2n) is 7.66. The van der Waals surface area contributed by atoms with Crippen LogP contribution in [0.25, 0.3) is 0 Å². The Bertz CT molecular complexity index is 878. The molecule has 1 fully saturated rings. The molecular formula is C24H32N4O3. The number of hydrogen-bond donors (Lipinski definition) is 1. The average molecular weight is 425 g/mol. The quantitative estimate of drug-likeness (QED) is 0.495. The first-order chi connectivity index (χ1) is 15.1. The van der Waals surface area contributed by atoms with Crippen molar-refractivity contribution in [2.24, 2.45) is 5.10 Å². The van der Waals surface area contributed by atoms with Crippen molar-refractivity contribution >= 4 is 11.6 Å². The predicted octanol–water partition coefficient (Wildman–Crippen LogP) is 2.75. The van der Waals surface area contributed by atoms with Crippen molar-refractivity contribution in [3.05, 3.63) is 59.7 Å². The molecule has 1 aliphatic rings. The molecule has 1 N–H and O–H groups in total. The Morgan fingerprint density at radius 1 is 0.968 bits per heavy atom. The van der Waals surface area contributed by atoms with Crippen molar-refractivity contribution in [1.29, 1.82) is 0 Å². The molecule has 3 rings (SSSR count). The fourth-order valence-electron chi connectivity index (χ4n) is 3.60. The standard InChI is InChI=1S/C24H32N4O3/c1-19(21-9-10-22(30-2)23(17-21)31-3)25-26-24(29)11-12-27-13-15-28(16-14-27)18-20-7-5-4-6-8-20/h4-10,17H,11-16,18H2,1-3H3,(H,26,29)/b25-19-. The van der Waals surface area contributed by atoms with Gasteiger partial charge in [0.15, 0.2) is 11.5 Å². The molecule has 0 unspecified atom stereocenters. The maximum absolute atomic E-state index is 12.3. The zero-order valence-corrected chi connectivity index (χ0v) is 18.6. The summed E-state index contributed by atoms with van der Waals surface area (Å²) in [5.41, 5.74) is 5.59. The highest BCUT2D eigenvalue weighted by atomic mass is 16.5. The van der Waals surface area contributed by atoms with E-state index in [1.165, 1.54) is 5.56 Å². The van der Waals surface area contributed by atoms with E-state index in [9.17, 15) is 4.79 Å². The summed E-state index contributed by atoms with van der Waals surface area (Å²) in [6.07, 6.45) is 0.432. The molecule has 0 aliphatic carbocycles. The molecule has 7 nitrogen and oxygen atoms in total. The molecule has 31 heavy (non-hydrogen) atoms. The van der Waals surface area contributed by atoms with Gasteiger partial charge in [0.2, 0.25) is 5.91 Å². The van der Waals surface area contributed by atoms with Crippen LogP contribution in [0.3, 0.4) is 0 Å². The first kappa shape index (κ1) is 22.8. The van der Waals surface area contributed by atoms with E-state index in [1.807, 2.05) is 31.2 Å². The molecule has 166 valence electrons. The number of nitrogens with zero attached hydrogens (tertiary/aromatic N) is 3. The summed E-state index contributed by atoms with van der Waals surface area (Å²) in [4.78, 5) is 17.1. The highest BCUT2D eigenvalue weighted by molar-refractivity contribution is 5.99. The molecular weight excluding hydrogens is 392 g/mol. The normalized spacial score (nSPS) is 15.5. The Kier molecular flexibility index (Phi) is 8.44. The van der Waals surface area contributed by atoms with Crippen molar-refractivity contribution in [2.45, 2.75) is 19.9 Å². The van der Waals surface area contributed by atoms with Crippen LogP contribution in [0.4, 0.5) is 0 Å². The number of piperazine rings is 1. The van der Waals surface area contributed by atoms with Gasteiger partial charge in [-0.15, -0.1) is 0 Å². The van der Waals surface area contributed by atoms with E-state index >= 15 is 0 Å². The number of carbonyl (C=O) groups is 1. The molecule has 2 aromatic carbocycles. The zero-order chi connectivity index (χ0) is 22.1. The van der Waals surface area contributed by atoms with Gasteiger partial charge in [-0.2, -0.15) is 5.10 Å². The number of amides is 1. The molecule has 1 saturated heterocycles. The van der Waals surface area contributed by atoms with E-state index < -0.39 is 0 Å². The maximum atomic E-state index is 12.3. The zero-order valence-electron chi connectivity index (χ0n) is 18.6. The summed E-state index contributed by atoms with van der Waals surface area (Å²) in [7, 11) is 3.19. The van der Waals surface area contributed by atoms with Gasteiger partial charge < -0.3 is 14.4 Å². The van der Waals surface area contributed by atoms with Gasteiger partial charge in [-0.3, -0.25) is 9.69 Å². The monoisotopic (exact) mass is 424 g/mol. The van der Waals surface area contributed by atoms with Gasteiger partial charge in [0.05, 0.1) is 19.9 Å². The molecule has 7 heteroatoms. The molecule has 2 aromatic rings. The largest absolute Gasteiger partial charge is 0.493 e. The average Bonchev–Trinajstić information content (AvgIpc) is 2.82. The molecule has 0 aromatic heterocycles. The summed E-state index contributed by atoms with van der Waals surface area (Å²) < 4.78 is 10.6. The number of benzene rings is 2. The van der Waals surface area contributed by atoms with E-state index in [2.05, 4.69) is 44.6 Å². The molecule has 1 amide bonds. The Morgan fingerprint density at radius 2 is 1.65 bits per heavy atom. The topological polar surface area (TPSA) is 66.4 Å². The van der Waals surface area contributed by atoms with Crippen molar-refractivity contribution in [1.82, 2.24) is 15.2 Å². The minimum absolute atomic E-state index is 0.0773. The highest BCUT2D eigenvalue weighted by Crippen LogP contribution is 2.27. The van der Waals surface area contributed by atoms with E-state index in [0.717, 1.165) is 44.8 Å². The van der Waals surface area contributed by atoms with Crippen molar-refractivity contribution in [3.63, 3.8) is 0 Å². The lowest BCUT2D eigenvalue weighted by molar-refractivity contribution is -0.121. The number of methoxy groups -OCH3 is 2. The lowest BCUT2D eigenvalue weighted by atomic mass is 10.1. The van der Waals surface area contributed by atoms with Crippen LogP contribution in [-0.2, 0) is 11.3 Å². The third-order valence-electron chi connectivity index (χ3n) is 5.52. The molecule has 0 radical (unpaired) electrons. The molecule has 1 aliphatic heterocycles. The lowest BCUT2D eigenvalue weighted by Gasteiger charge is -2.34. The molecule has 0 atom stereocenters. The molecule has 1 heterocycles. The van der Waals surface area contributed by atoms with Crippen molar-refractivity contribution < 1.29 is 14.3 Å². The number of rotatable bonds is 9. The smallest absolute Gasteiger partial charge is 0.241 e. The second kappa shape index (κ2) is 11.5. The fraction of sp³-hybridized carbons (Fsp3) is 0.417. The van der Waals surface area contributed by atoms with Gasteiger partial charge in [0.25, 0.3) is 0 Å². The minimum atomic E-state index is -0.0773. The van der Waals surface area contributed by atoms with Crippen molar-refractivity contribution in [2.75, 3.05) is 46.9 Å². The summed E-state index contributed by atoms with van der Waals surface area (Å²) >= 11 is 0. The number of hydrazone groups is 1. The number of hydrogen-bond acceptors (Lipinski definition) is 6. The number of nitrogens with one attached hydrogen (secondary N) is 1. The van der Waals surface area contributed by atoms with E-state index in [1.54, 1.807) is 14.2 Å². The first-order valence-corrected chi connectivity index (χ1v) is 10.6. The van der Waals surface area contributed by atoms with Gasteiger partial charge in [-0.1, -0.05) is 30.3 Å². The van der Waals surface area contributed by atoms with Crippen LogP contribution in [-0.4, -0.2) is 68.4 Å². The highest BCUT2D eigenvalue weighted by Gasteiger charge is 2.17. The second-order valence-corrected chi connectivity index (χ2v) is 7.66. The number of carbonyl (C=O) groups excluding carboxylic acids is 1. The summed E-state index contributed by atoms with van der Waals surface area (Å²) in [5.74, 6) is 1.21. The molecule has 0 spiro atoms. The van der Waals surface area contributed by atoms with E-state index in [-0.39, 0.29) is 5.91 Å². The van der Waals surface area contributed by atoms with Crippen LogP contribution in [0.1, 0.15) is 24.5 Å². The minimum Gasteiger partial charge on any atom is -0.493 e. The van der Waals surface area contributed by atoms with Gasteiger partial charge in [0.1, 0.15) is 0 Å². The fourth-order valence-corrected chi connectivity index (χ4v) is 3.60. The third-order valence-corrected chi connectivity index (χ3v) is 5.52. The Balaban J connectivity index is 1.40. The van der Waals surface area contributed by atoms with Crippen LogP contribution in [0.5, 0.6) is 11.5 Å². The van der Waals surface area contributed by atoms with E-state index in [0.29, 0.717) is 23.6 Å². The first-order valence-electron chi connectivity index (χ1n) is 10.6. The van der Waals surface area contributed by atoms with Gasteiger partial charge in [0, 0.05) is 51.3 Å². The van der Waals surface area contributed by atoms with Gasteiger partial charge >= 0.3 is 0 Å². The van der Waals surface area contributed by atoms with Crippen LogP contribution in [0.15, 0.2) is 53.6 Å². The number of ether oxygens (including phenoxy) is 2. The SMILES string of the molecule is COc1ccc(/C(C)=N\NC(=O)CCN2CCN(Cc3ccccc3)CC2)cc1OC.